The number of amides is 1. The molecule has 25 heteroatoms. The lowest BCUT2D eigenvalue weighted by molar-refractivity contribution is 0.0514. The molecule has 0 saturated heterocycles. The van der Waals surface area contributed by atoms with Crippen LogP contribution in [0, 0.1) is 31.0 Å². The fourth-order valence-corrected chi connectivity index (χ4v) is 10.4. The minimum absolute atomic E-state index is 0.0496. The number of tetrazole rings is 1. The van der Waals surface area contributed by atoms with Crippen molar-refractivity contribution in [3.05, 3.63) is 252 Å². The van der Waals surface area contributed by atoms with Crippen molar-refractivity contribution in [3.63, 3.8) is 0 Å². The van der Waals surface area contributed by atoms with E-state index in [1.54, 1.807) is 95.3 Å². The fourth-order valence-electron chi connectivity index (χ4n) is 10.2. The zero-order valence-electron chi connectivity index (χ0n) is 69.5. The number of carbonyl (C=O) groups is 7. The molecule has 0 saturated carbocycles. The number of hydrogen-bond acceptors (Lipinski definition) is 21. The summed E-state index contributed by atoms with van der Waals surface area (Å²) in [4.78, 5) is 81.5. The Kier molecular flexibility index (Phi) is 43.6. The van der Waals surface area contributed by atoms with E-state index < -0.39 is 17.8 Å². The smallest absolute Gasteiger partial charge is 0.341 e. The van der Waals surface area contributed by atoms with E-state index in [1.807, 2.05) is 116 Å². The number of anilines is 3. The number of esters is 6. The topological polar surface area (TPSA) is 291 Å². The Labute approximate surface area is 670 Å². The lowest BCUT2D eigenvalue weighted by Gasteiger charge is -2.20. The quantitative estimate of drug-likeness (QED) is 0.0501. The summed E-state index contributed by atoms with van der Waals surface area (Å²) >= 11 is 5.82. The molecule has 606 valence electrons. The minimum Gasteiger partial charge on any atom is -0.496 e. The maximum Gasteiger partial charge on any atom is 0.341 e. The van der Waals surface area contributed by atoms with Crippen molar-refractivity contribution < 1.29 is 71.1 Å². The SMILES string of the molecule is CCOC(=O)c1cc(CC)ccc1OC.CCOC(=O)c1cc(F)cc(CC)c1.CCc1cc(C(=O)OC)cc(C(C)(C)C)c1.CCc1cc(C)cc(C(=O)OC)c1.CCc1cc(Cl)cc(C(=O)OC)c1.CNc1cc(C(=O)OC)cc(C(=O)N(C)C)c1.CNc1cc(C)cc(-c2nnnn2C)c1.CNc1cccc(C#N)c1. The molecular formula is C88H111ClFN9O14. The molecule has 0 aliphatic heterocycles. The van der Waals surface area contributed by atoms with Gasteiger partial charge in [0.05, 0.1) is 88.2 Å². The molecule has 23 nitrogen and oxygen atoms in total. The molecule has 8 aromatic carbocycles. The van der Waals surface area contributed by atoms with Crippen molar-refractivity contribution >= 4 is 70.4 Å². The predicted octanol–water partition coefficient (Wildman–Crippen LogP) is 17.4. The predicted molar refractivity (Wildman–Crippen MR) is 445 cm³/mol. The first kappa shape index (κ1) is 97.1. The lowest BCUT2D eigenvalue weighted by atomic mass is 9.85. The van der Waals surface area contributed by atoms with E-state index in [1.165, 1.54) is 73.8 Å². The average Bonchev–Trinajstić information content (AvgIpc) is 1.63. The maximum absolute atomic E-state index is 13.0. The first-order valence-corrected chi connectivity index (χ1v) is 37.0. The highest BCUT2D eigenvalue weighted by atomic mass is 35.5. The highest BCUT2D eigenvalue weighted by Gasteiger charge is 2.20. The van der Waals surface area contributed by atoms with Crippen LogP contribution in [0.3, 0.4) is 0 Å². The van der Waals surface area contributed by atoms with Crippen molar-refractivity contribution in [2.24, 2.45) is 7.05 Å². The standard InChI is InChI=1S/C14H20O2.C12H16N2O3.C12H16O3.C11H13FO2.C11H14O2.C10H11ClO2.C10H13N5.C8H8N2/c1-6-10-7-11(13(15)16-5)9-12(8-10)14(2,3)4;1-13-10-6-8(11(15)14(2)3)5-9(7-10)12(16)17-4;1-4-9-6-7-11(14-3)10(8-9)12(13)15-5-2;1-3-8-5-9(7-10(12)6-8)11(13)14-4-2;1-4-9-5-8(2)6-10(7-9)11(12)13-3;1-3-7-4-8(10(12)13-2)6-9(11)5-7;1-7-4-8(6-9(5-7)11-2)10-12-13-14-15(10)3;1-10-8-4-2-3-7(5-8)6-9/h7-9H,6H2,1-5H3;5-7,13H,1-4H3;6-8H,4-5H2,1-3H3;5-7H,3-4H2,1-2H3;5-7H,4H2,1-3H3;4-6H,3H2,1-2H3;4-6,11H,1-3H3;2-5,10H,1H3. The van der Waals surface area contributed by atoms with Crippen LogP contribution in [0.2, 0.25) is 5.02 Å². The van der Waals surface area contributed by atoms with Gasteiger partial charge in [0, 0.05) is 75.5 Å². The van der Waals surface area contributed by atoms with Gasteiger partial charge >= 0.3 is 35.8 Å². The number of nitrogens with one attached hydrogen (secondary N) is 3. The van der Waals surface area contributed by atoms with Crippen LogP contribution in [0.1, 0.15) is 192 Å². The van der Waals surface area contributed by atoms with Gasteiger partial charge in [0.2, 0.25) is 0 Å². The Balaban J connectivity index is 0.000000440. The minimum atomic E-state index is -0.471. The lowest BCUT2D eigenvalue weighted by Crippen LogP contribution is -2.22. The Morgan fingerprint density at radius 3 is 1.45 bits per heavy atom. The summed E-state index contributed by atoms with van der Waals surface area (Å²) in [6.45, 7) is 24.7. The number of halogens is 2. The third kappa shape index (κ3) is 33.6. The van der Waals surface area contributed by atoms with Crippen molar-refractivity contribution in [3.8, 4) is 23.2 Å². The zero-order valence-corrected chi connectivity index (χ0v) is 70.3. The Bertz CT molecular complexity index is 4560. The molecule has 0 aliphatic rings. The number of rotatable bonds is 19. The molecule has 0 fully saturated rings. The van der Waals surface area contributed by atoms with Crippen LogP contribution in [0.15, 0.2) is 152 Å². The Morgan fingerprint density at radius 2 is 0.973 bits per heavy atom. The summed E-state index contributed by atoms with van der Waals surface area (Å²) in [5, 5.41) is 29.4. The molecule has 0 aliphatic carbocycles. The number of hydrogen-bond donors (Lipinski definition) is 3. The van der Waals surface area contributed by atoms with E-state index >= 15 is 0 Å². The molecule has 3 N–H and O–H groups in total. The van der Waals surface area contributed by atoms with E-state index in [4.69, 9.17) is 35.8 Å². The van der Waals surface area contributed by atoms with Gasteiger partial charge in [0.15, 0.2) is 5.82 Å². The maximum atomic E-state index is 13.0. The van der Waals surface area contributed by atoms with E-state index in [0.29, 0.717) is 75.0 Å². The van der Waals surface area contributed by atoms with Gasteiger partial charge in [0.1, 0.15) is 17.1 Å². The molecule has 0 spiro atoms. The normalized spacial score (nSPS) is 9.95. The summed E-state index contributed by atoms with van der Waals surface area (Å²) in [6.07, 6.45) is 4.30. The molecule has 0 bridgehead atoms. The Hall–Kier alpha value is -12.0. The highest BCUT2D eigenvalue weighted by Crippen LogP contribution is 2.27. The number of nitrogens with zero attached hydrogens (tertiary/aromatic N) is 6. The van der Waals surface area contributed by atoms with Crippen molar-refractivity contribution in [1.82, 2.24) is 25.1 Å². The van der Waals surface area contributed by atoms with Crippen molar-refractivity contribution in [2.75, 3.05) is 100.0 Å². The van der Waals surface area contributed by atoms with Crippen molar-refractivity contribution in [2.45, 2.75) is 121 Å². The second kappa shape index (κ2) is 50.8. The van der Waals surface area contributed by atoms with E-state index in [0.717, 1.165) is 70.7 Å². The zero-order chi connectivity index (χ0) is 85.1. The first-order chi connectivity index (χ1) is 53.7. The van der Waals surface area contributed by atoms with E-state index in [-0.39, 0.29) is 40.8 Å². The number of aryl methyl sites for hydroxylation is 8. The van der Waals surface area contributed by atoms with Gasteiger partial charge in [-0.25, -0.2) is 37.8 Å². The molecule has 0 unspecified atom stereocenters. The van der Waals surface area contributed by atoms with E-state index in [2.05, 4.69) is 111 Å². The number of aromatic nitrogens is 4. The second-order valence-corrected chi connectivity index (χ2v) is 26.4. The number of benzene rings is 8. The first-order valence-electron chi connectivity index (χ1n) is 36.6. The molecular weight excluding hydrogens is 1460 g/mol. The molecule has 1 heterocycles. The summed E-state index contributed by atoms with van der Waals surface area (Å²) < 4.78 is 48.2. The van der Waals surface area contributed by atoms with Crippen LogP contribution in [0.25, 0.3) is 11.4 Å². The third-order valence-corrected chi connectivity index (χ3v) is 16.5. The van der Waals surface area contributed by atoms with Crippen LogP contribution in [-0.2, 0) is 73.0 Å². The fraction of sp³-hybridized carbons (Fsp3) is 0.352. The summed E-state index contributed by atoms with van der Waals surface area (Å²) in [5.74, 6) is -1.36. The summed E-state index contributed by atoms with van der Waals surface area (Å²) in [6, 6.07) is 47.3. The number of nitriles is 1. The van der Waals surface area contributed by atoms with E-state index in [9.17, 15) is 38.0 Å². The summed E-state index contributed by atoms with van der Waals surface area (Å²) in [7, 11) is 17.6. The van der Waals surface area contributed by atoms with Crippen LogP contribution in [-0.4, -0.2) is 151 Å². The number of methoxy groups -OCH3 is 5. The summed E-state index contributed by atoms with van der Waals surface area (Å²) in [5.41, 5.74) is 16.6. The van der Waals surface area contributed by atoms with Gasteiger partial charge in [-0.15, -0.1) is 5.10 Å². The van der Waals surface area contributed by atoms with Gasteiger partial charge in [-0.1, -0.05) is 96.8 Å². The van der Waals surface area contributed by atoms with Gasteiger partial charge in [-0.2, -0.15) is 5.26 Å². The van der Waals surface area contributed by atoms with Crippen LogP contribution in [0.4, 0.5) is 21.5 Å². The molecule has 0 atom stereocenters. The van der Waals surface area contributed by atoms with Gasteiger partial charge in [-0.3, -0.25) is 4.79 Å². The van der Waals surface area contributed by atoms with Crippen LogP contribution >= 0.6 is 11.6 Å². The van der Waals surface area contributed by atoms with Crippen LogP contribution < -0.4 is 20.7 Å². The van der Waals surface area contributed by atoms with Crippen molar-refractivity contribution in [1.29, 1.82) is 5.26 Å². The number of ether oxygens (including phenoxy) is 7. The van der Waals surface area contributed by atoms with Gasteiger partial charge < -0.3 is 54.0 Å². The van der Waals surface area contributed by atoms with Gasteiger partial charge in [0.25, 0.3) is 5.91 Å². The molecule has 0 radical (unpaired) electrons. The molecule has 1 amide bonds. The highest BCUT2D eigenvalue weighted by molar-refractivity contribution is 6.31. The van der Waals surface area contributed by atoms with Crippen LogP contribution in [0.5, 0.6) is 5.75 Å². The molecule has 9 rings (SSSR count). The largest absolute Gasteiger partial charge is 0.496 e. The second-order valence-electron chi connectivity index (χ2n) is 25.9. The average molecular weight is 1570 g/mol. The monoisotopic (exact) mass is 1570 g/mol. The van der Waals surface area contributed by atoms with Gasteiger partial charge in [-0.05, 0) is 242 Å². The Morgan fingerprint density at radius 1 is 0.504 bits per heavy atom. The molecule has 113 heavy (non-hydrogen) atoms. The molecule has 9 aromatic rings. The number of carbonyl (C=O) groups excluding carboxylic acids is 7. The third-order valence-electron chi connectivity index (χ3n) is 16.3. The molecule has 1 aromatic heterocycles.